The number of hydrogen-bond acceptors (Lipinski definition) is 5. The molecule has 1 atom stereocenters. The van der Waals surface area contributed by atoms with E-state index in [2.05, 4.69) is 22.6 Å². The number of likely N-dealkylation sites (N-methyl/N-ethyl adjacent to an activating group) is 1. The van der Waals surface area contributed by atoms with Crippen LogP contribution >= 0.6 is 11.3 Å². The van der Waals surface area contributed by atoms with Crippen molar-refractivity contribution >= 4 is 17.4 Å². The molecule has 0 fully saturated rings. The first-order valence-corrected chi connectivity index (χ1v) is 7.66. The van der Waals surface area contributed by atoms with E-state index in [1.807, 2.05) is 27.7 Å². The molecule has 1 rings (SSSR count). The quantitative estimate of drug-likeness (QED) is 0.908. The Hall–Kier alpha value is -1.14. The van der Waals surface area contributed by atoms with Crippen molar-refractivity contribution in [1.82, 2.24) is 15.2 Å². The highest BCUT2D eigenvalue weighted by atomic mass is 32.1. The Morgan fingerprint density at radius 2 is 2.20 bits per heavy atom. The summed E-state index contributed by atoms with van der Waals surface area (Å²) in [6, 6.07) is 0.187. The number of carbonyl (C=O) groups is 1. The normalized spacial score (nSPS) is 13.1. The fourth-order valence-electron chi connectivity index (χ4n) is 1.56. The van der Waals surface area contributed by atoms with Gasteiger partial charge < -0.3 is 15.0 Å². The van der Waals surface area contributed by atoms with Gasteiger partial charge in [0.1, 0.15) is 5.60 Å². The second-order valence-electron chi connectivity index (χ2n) is 5.87. The van der Waals surface area contributed by atoms with Gasteiger partial charge >= 0.3 is 6.09 Å². The van der Waals surface area contributed by atoms with Crippen molar-refractivity contribution in [2.45, 2.75) is 46.3 Å². The van der Waals surface area contributed by atoms with Gasteiger partial charge in [-0.1, -0.05) is 0 Å². The summed E-state index contributed by atoms with van der Waals surface area (Å²) in [4.78, 5) is 17.8. The van der Waals surface area contributed by atoms with Crippen LogP contribution in [0, 0.1) is 6.92 Å². The molecule has 1 heterocycles. The number of aryl methyl sites for hydroxylation is 1. The summed E-state index contributed by atoms with van der Waals surface area (Å²) in [5, 5.41) is 6.48. The standard InChI is InChI=1S/C14H25N3O2S/c1-10(12-9-20-11(2)16-12)15-7-8-17(6)13(18)19-14(3,4)5/h9-10,15H,7-8H2,1-6H3. The van der Waals surface area contributed by atoms with Crippen LogP contribution in [0.2, 0.25) is 0 Å². The van der Waals surface area contributed by atoms with Crippen LogP contribution in [0.4, 0.5) is 4.79 Å². The molecule has 0 aromatic carbocycles. The van der Waals surface area contributed by atoms with Gasteiger partial charge in [0.25, 0.3) is 0 Å². The number of rotatable bonds is 5. The molecule has 5 nitrogen and oxygen atoms in total. The van der Waals surface area contributed by atoms with E-state index in [-0.39, 0.29) is 12.1 Å². The van der Waals surface area contributed by atoms with E-state index in [1.54, 1.807) is 23.3 Å². The van der Waals surface area contributed by atoms with Crippen LogP contribution in [0.15, 0.2) is 5.38 Å². The zero-order chi connectivity index (χ0) is 15.3. The van der Waals surface area contributed by atoms with Gasteiger partial charge in [-0.2, -0.15) is 0 Å². The van der Waals surface area contributed by atoms with E-state index >= 15 is 0 Å². The maximum atomic E-state index is 11.8. The van der Waals surface area contributed by atoms with E-state index in [4.69, 9.17) is 4.74 Å². The molecule has 0 saturated heterocycles. The van der Waals surface area contributed by atoms with Crippen LogP contribution in [0.1, 0.15) is 44.4 Å². The van der Waals surface area contributed by atoms with Crippen LogP contribution in [-0.2, 0) is 4.74 Å². The Balaban J connectivity index is 2.31. The summed E-state index contributed by atoms with van der Waals surface area (Å²) < 4.78 is 5.29. The van der Waals surface area contributed by atoms with E-state index in [0.29, 0.717) is 13.1 Å². The Bertz CT molecular complexity index is 440. The topological polar surface area (TPSA) is 54.5 Å². The number of amides is 1. The molecular formula is C14H25N3O2S. The van der Waals surface area contributed by atoms with E-state index in [1.165, 1.54) is 0 Å². The monoisotopic (exact) mass is 299 g/mol. The highest BCUT2D eigenvalue weighted by Crippen LogP contribution is 2.15. The summed E-state index contributed by atoms with van der Waals surface area (Å²) in [5.74, 6) is 0. The first-order valence-electron chi connectivity index (χ1n) is 6.78. The summed E-state index contributed by atoms with van der Waals surface area (Å²) in [6.45, 7) is 11.0. The Morgan fingerprint density at radius 3 is 2.70 bits per heavy atom. The first-order chi connectivity index (χ1) is 9.19. The van der Waals surface area contributed by atoms with Gasteiger partial charge in [0.2, 0.25) is 0 Å². The smallest absolute Gasteiger partial charge is 0.410 e. The van der Waals surface area contributed by atoms with Gasteiger partial charge in [0.05, 0.1) is 10.7 Å². The molecule has 1 aromatic heterocycles. The lowest BCUT2D eigenvalue weighted by Crippen LogP contribution is -2.38. The number of carbonyl (C=O) groups excluding carboxylic acids is 1. The molecule has 20 heavy (non-hydrogen) atoms. The number of hydrogen-bond donors (Lipinski definition) is 1. The molecule has 6 heteroatoms. The van der Waals surface area contributed by atoms with Crippen LogP contribution in [0.3, 0.4) is 0 Å². The molecule has 1 N–H and O–H groups in total. The Labute approximate surface area is 125 Å². The lowest BCUT2D eigenvalue weighted by molar-refractivity contribution is 0.0299. The first kappa shape index (κ1) is 16.9. The maximum Gasteiger partial charge on any atom is 0.410 e. The molecule has 0 aliphatic carbocycles. The average Bonchev–Trinajstić information content (AvgIpc) is 2.73. The molecule has 0 spiro atoms. The van der Waals surface area contributed by atoms with E-state index < -0.39 is 5.60 Å². The van der Waals surface area contributed by atoms with Gasteiger partial charge in [-0.15, -0.1) is 11.3 Å². The van der Waals surface area contributed by atoms with Crippen molar-refractivity contribution in [3.63, 3.8) is 0 Å². The van der Waals surface area contributed by atoms with Crippen LogP contribution in [-0.4, -0.2) is 41.7 Å². The summed E-state index contributed by atoms with van der Waals surface area (Å²) in [6.07, 6.45) is -0.295. The molecule has 0 radical (unpaired) electrons. The number of ether oxygens (including phenoxy) is 1. The molecule has 0 aliphatic heterocycles. The van der Waals surface area contributed by atoms with Crippen LogP contribution < -0.4 is 5.32 Å². The molecule has 1 amide bonds. The highest BCUT2D eigenvalue weighted by Gasteiger charge is 2.19. The predicted molar refractivity (Wildman–Crippen MR) is 82.1 cm³/mol. The molecule has 0 bridgehead atoms. The maximum absolute atomic E-state index is 11.8. The van der Waals surface area contributed by atoms with Crippen molar-refractivity contribution in [3.05, 3.63) is 16.1 Å². The SMILES string of the molecule is Cc1nc(C(C)NCCN(C)C(=O)OC(C)(C)C)cs1. The number of aromatic nitrogens is 1. The fraction of sp³-hybridized carbons (Fsp3) is 0.714. The molecule has 0 saturated carbocycles. The van der Waals surface area contributed by atoms with Gasteiger partial charge in [0, 0.05) is 31.6 Å². The van der Waals surface area contributed by atoms with Gasteiger partial charge in [-0.25, -0.2) is 9.78 Å². The van der Waals surface area contributed by atoms with Crippen LogP contribution in [0.25, 0.3) is 0 Å². The molecular weight excluding hydrogens is 274 g/mol. The molecule has 114 valence electrons. The van der Waals surface area contributed by atoms with Crippen LogP contribution in [0.5, 0.6) is 0 Å². The van der Waals surface area contributed by atoms with Crippen molar-refractivity contribution < 1.29 is 9.53 Å². The summed E-state index contributed by atoms with van der Waals surface area (Å²) >= 11 is 1.65. The lowest BCUT2D eigenvalue weighted by atomic mass is 10.2. The Morgan fingerprint density at radius 1 is 1.55 bits per heavy atom. The fourth-order valence-corrected chi connectivity index (χ4v) is 2.27. The minimum absolute atomic E-state index is 0.187. The van der Waals surface area contributed by atoms with Crippen molar-refractivity contribution in [1.29, 1.82) is 0 Å². The van der Waals surface area contributed by atoms with Gasteiger partial charge in [-0.3, -0.25) is 0 Å². The minimum Gasteiger partial charge on any atom is -0.444 e. The zero-order valence-corrected chi connectivity index (χ0v) is 14.0. The third kappa shape index (κ3) is 5.88. The largest absolute Gasteiger partial charge is 0.444 e. The zero-order valence-electron chi connectivity index (χ0n) is 13.2. The van der Waals surface area contributed by atoms with E-state index in [0.717, 1.165) is 10.7 Å². The average molecular weight is 299 g/mol. The summed E-state index contributed by atoms with van der Waals surface area (Å²) in [7, 11) is 1.74. The third-order valence-corrected chi connectivity index (χ3v) is 3.48. The predicted octanol–water partition coefficient (Wildman–Crippen LogP) is 2.97. The highest BCUT2D eigenvalue weighted by molar-refractivity contribution is 7.09. The number of nitrogens with zero attached hydrogens (tertiary/aromatic N) is 2. The molecule has 0 aliphatic rings. The lowest BCUT2D eigenvalue weighted by Gasteiger charge is -2.25. The number of nitrogens with one attached hydrogen (secondary N) is 1. The summed E-state index contributed by atoms with van der Waals surface area (Å²) in [5.41, 5.74) is 0.594. The number of thiazole rings is 1. The minimum atomic E-state index is -0.454. The second kappa shape index (κ2) is 7.04. The Kier molecular flexibility index (Phi) is 5.95. The molecule has 1 aromatic rings. The third-order valence-electron chi connectivity index (χ3n) is 2.68. The van der Waals surface area contributed by atoms with Crippen molar-refractivity contribution in [3.8, 4) is 0 Å². The second-order valence-corrected chi connectivity index (χ2v) is 6.93. The van der Waals surface area contributed by atoms with Crippen molar-refractivity contribution in [2.24, 2.45) is 0 Å². The van der Waals surface area contributed by atoms with Gasteiger partial charge in [0.15, 0.2) is 0 Å². The van der Waals surface area contributed by atoms with Gasteiger partial charge in [-0.05, 0) is 34.6 Å². The van der Waals surface area contributed by atoms with E-state index in [9.17, 15) is 4.79 Å². The molecule has 1 unspecified atom stereocenters. The van der Waals surface area contributed by atoms with Crippen molar-refractivity contribution in [2.75, 3.05) is 20.1 Å².